The van der Waals surface area contributed by atoms with Gasteiger partial charge in [-0.2, -0.15) is 4.98 Å². The molecule has 6 heteroatoms. The molecule has 1 aliphatic rings. The van der Waals surface area contributed by atoms with Crippen molar-refractivity contribution in [2.75, 3.05) is 6.54 Å². The number of nitrogens with zero attached hydrogens (tertiary/aromatic N) is 4. The van der Waals surface area contributed by atoms with Crippen LogP contribution in [0.15, 0.2) is 36.4 Å². The Morgan fingerprint density at radius 1 is 1.21 bits per heavy atom. The Labute approximate surface area is 139 Å². The lowest BCUT2D eigenvalue weighted by molar-refractivity contribution is 0.0939. The molecule has 0 unspecified atom stereocenters. The van der Waals surface area contributed by atoms with Gasteiger partial charge in [-0.3, -0.25) is 4.79 Å². The van der Waals surface area contributed by atoms with Gasteiger partial charge in [0, 0.05) is 23.3 Å². The van der Waals surface area contributed by atoms with Crippen LogP contribution in [0.3, 0.4) is 0 Å². The molecule has 122 valence electrons. The molecule has 24 heavy (non-hydrogen) atoms. The third-order valence-corrected chi connectivity index (χ3v) is 4.65. The minimum Gasteiger partial charge on any atom is -0.348 e. The topological polar surface area (TPSA) is 72.2 Å². The highest BCUT2D eigenvalue weighted by atomic mass is 16.2. The first kappa shape index (κ1) is 14.8. The van der Waals surface area contributed by atoms with Crippen LogP contribution in [-0.4, -0.2) is 32.0 Å². The maximum atomic E-state index is 12.4. The Hall–Kier alpha value is -2.76. The van der Waals surface area contributed by atoms with Crippen molar-refractivity contribution in [3.63, 3.8) is 0 Å². The van der Waals surface area contributed by atoms with Crippen molar-refractivity contribution in [1.29, 1.82) is 0 Å². The molecule has 1 fully saturated rings. The van der Waals surface area contributed by atoms with Gasteiger partial charge in [0.1, 0.15) is 0 Å². The minimum absolute atomic E-state index is 0.0703. The quantitative estimate of drug-likeness (QED) is 0.799. The van der Waals surface area contributed by atoms with E-state index in [1.807, 2.05) is 38.1 Å². The summed E-state index contributed by atoms with van der Waals surface area (Å²) in [5, 5.41) is 7.27. The molecule has 0 spiro atoms. The van der Waals surface area contributed by atoms with Gasteiger partial charge in [0.15, 0.2) is 0 Å². The number of aromatic nitrogens is 4. The van der Waals surface area contributed by atoms with Gasteiger partial charge >= 0.3 is 0 Å². The van der Waals surface area contributed by atoms with E-state index in [2.05, 4.69) is 32.5 Å². The Balaban J connectivity index is 1.52. The fourth-order valence-electron chi connectivity index (χ4n) is 3.10. The Kier molecular flexibility index (Phi) is 3.33. The Morgan fingerprint density at radius 2 is 1.96 bits per heavy atom. The molecule has 6 nitrogen and oxygen atoms in total. The molecule has 1 aliphatic carbocycles. The number of hydrogen-bond acceptors (Lipinski definition) is 4. The molecule has 0 saturated heterocycles. The maximum absolute atomic E-state index is 12.4. The van der Waals surface area contributed by atoms with E-state index in [0.717, 1.165) is 24.2 Å². The molecule has 0 aliphatic heterocycles. The van der Waals surface area contributed by atoms with Gasteiger partial charge < -0.3 is 5.32 Å². The molecule has 2 aromatic heterocycles. The van der Waals surface area contributed by atoms with Gasteiger partial charge in [-0.15, -0.1) is 5.10 Å². The third-order valence-electron chi connectivity index (χ3n) is 4.65. The van der Waals surface area contributed by atoms with Crippen molar-refractivity contribution < 1.29 is 4.79 Å². The second-order valence-corrected chi connectivity index (χ2v) is 6.52. The van der Waals surface area contributed by atoms with Crippen molar-refractivity contribution >= 4 is 11.7 Å². The average Bonchev–Trinajstić information content (AvgIpc) is 3.25. The highest BCUT2D eigenvalue weighted by molar-refractivity contribution is 5.90. The zero-order valence-corrected chi connectivity index (χ0v) is 13.8. The van der Waals surface area contributed by atoms with E-state index in [9.17, 15) is 4.79 Å². The predicted octanol–water partition coefficient (Wildman–Crippen LogP) is 2.20. The van der Waals surface area contributed by atoms with Crippen LogP contribution < -0.4 is 5.32 Å². The average molecular weight is 321 g/mol. The van der Waals surface area contributed by atoms with E-state index in [0.29, 0.717) is 12.3 Å². The lowest BCUT2D eigenvalue weighted by Crippen LogP contribution is -2.32. The Morgan fingerprint density at radius 3 is 2.67 bits per heavy atom. The number of aryl methyl sites for hydroxylation is 2. The Bertz CT molecular complexity index is 912. The fraction of sp³-hybridized carbons (Fsp3) is 0.333. The van der Waals surface area contributed by atoms with E-state index < -0.39 is 0 Å². The van der Waals surface area contributed by atoms with Crippen LogP contribution in [0.2, 0.25) is 0 Å². The van der Waals surface area contributed by atoms with Gasteiger partial charge in [-0.05, 0) is 38.3 Å². The second kappa shape index (κ2) is 5.40. The van der Waals surface area contributed by atoms with Crippen LogP contribution in [0.25, 0.3) is 5.78 Å². The molecule has 1 aromatic carbocycles. The van der Waals surface area contributed by atoms with Gasteiger partial charge in [0.2, 0.25) is 5.82 Å². The standard InChI is InChI=1S/C18H19N5O/c1-12-10-13(2)23-17(20-12)21-15(22-23)16(24)19-11-18(8-9-18)14-6-4-3-5-7-14/h3-7,10H,8-9,11H2,1-2H3,(H,19,24). The van der Waals surface area contributed by atoms with Crippen molar-refractivity contribution in [2.24, 2.45) is 0 Å². The summed E-state index contributed by atoms with van der Waals surface area (Å²) in [5.41, 5.74) is 3.12. The normalized spacial score (nSPS) is 15.4. The van der Waals surface area contributed by atoms with Crippen molar-refractivity contribution in [3.8, 4) is 0 Å². The molecule has 1 amide bonds. The van der Waals surface area contributed by atoms with Crippen molar-refractivity contribution in [3.05, 3.63) is 59.2 Å². The van der Waals surface area contributed by atoms with Crippen LogP contribution in [0.1, 0.15) is 40.4 Å². The summed E-state index contributed by atoms with van der Waals surface area (Å²) in [5.74, 6) is 0.377. The van der Waals surface area contributed by atoms with Crippen LogP contribution in [0.4, 0.5) is 0 Å². The molecule has 0 bridgehead atoms. The molecule has 2 heterocycles. The number of benzene rings is 1. The van der Waals surface area contributed by atoms with Gasteiger partial charge in [0.25, 0.3) is 11.7 Å². The largest absolute Gasteiger partial charge is 0.348 e. The maximum Gasteiger partial charge on any atom is 0.291 e. The van der Waals surface area contributed by atoms with E-state index in [1.54, 1.807) is 4.52 Å². The first-order valence-corrected chi connectivity index (χ1v) is 8.12. The zero-order valence-electron chi connectivity index (χ0n) is 13.8. The van der Waals surface area contributed by atoms with Crippen LogP contribution >= 0.6 is 0 Å². The third kappa shape index (κ3) is 2.54. The summed E-state index contributed by atoms with van der Waals surface area (Å²) in [7, 11) is 0. The number of carbonyl (C=O) groups excluding carboxylic acids is 1. The van der Waals surface area contributed by atoms with E-state index in [4.69, 9.17) is 0 Å². The van der Waals surface area contributed by atoms with E-state index >= 15 is 0 Å². The lowest BCUT2D eigenvalue weighted by Gasteiger charge is -2.15. The molecule has 1 saturated carbocycles. The molecule has 3 aromatic rings. The second-order valence-electron chi connectivity index (χ2n) is 6.52. The van der Waals surface area contributed by atoms with E-state index in [-0.39, 0.29) is 17.1 Å². The fourth-order valence-corrected chi connectivity index (χ4v) is 3.10. The number of amides is 1. The summed E-state index contributed by atoms with van der Waals surface area (Å²) >= 11 is 0. The molecule has 4 rings (SSSR count). The van der Waals surface area contributed by atoms with Crippen molar-refractivity contribution in [2.45, 2.75) is 32.1 Å². The zero-order chi connectivity index (χ0) is 16.7. The van der Waals surface area contributed by atoms with Gasteiger partial charge in [-0.25, -0.2) is 9.50 Å². The summed E-state index contributed by atoms with van der Waals surface area (Å²) in [6.45, 7) is 4.43. The number of rotatable bonds is 4. The van der Waals surface area contributed by atoms with Crippen LogP contribution in [0, 0.1) is 13.8 Å². The summed E-state index contributed by atoms with van der Waals surface area (Å²) < 4.78 is 1.60. The minimum atomic E-state index is -0.250. The monoisotopic (exact) mass is 321 g/mol. The molecule has 0 atom stereocenters. The molecule has 1 N–H and O–H groups in total. The number of nitrogens with one attached hydrogen (secondary N) is 1. The smallest absolute Gasteiger partial charge is 0.291 e. The number of carbonyl (C=O) groups is 1. The SMILES string of the molecule is Cc1cc(C)n2nc(C(=O)NCC3(c4ccccc4)CC3)nc2n1. The first-order valence-electron chi connectivity index (χ1n) is 8.12. The lowest BCUT2D eigenvalue weighted by atomic mass is 9.96. The molecule has 0 radical (unpaired) electrons. The number of fused-ring (bicyclic) bond motifs is 1. The highest BCUT2D eigenvalue weighted by Gasteiger charge is 2.44. The first-order chi connectivity index (χ1) is 11.6. The number of hydrogen-bond donors (Lipinski definition) is 1. The van der Waals surface area contributed by atoms with E-state index in [1.165, 1.54) is 5.56 Å². The highest BCUT2D eigenvalue weighted by Crippen LogP contribution is 2.47. The molecular formula is C18H19N5O. The van der Waals surface area contributed by atoms with Gasteiger partial charge in [0.05, 0.1) is 0 Å². The predicted molar refractivity (Wildman–Crippen MR) is 89.9 cm³/mol. The summed E-state index contributed by atoms with van der Waals surface area (Å²) in [6, 6.07) is 12.3. The van der Waals surface area contributed by atoms with Crippen LogP contribution in [0.5, 0.6) is 0 Å². The van der Waals surface area contributed by atoms with Gasteiger partial charge in [-0.1, -0.05) is 30.3 Å². The van der Waals surface area contributed by atoms with Crippen molar-refractivity contribution in [1.82, 2.24) is 24.9 Å². The van der Waals surface area contributed by atoms with Crippen LogP contribution in [-0.2, 0) is 5.41 Å². The molecular weight excluding hydrogens is 302 g/mol. The summed E-state index contributed by atoms with van der Waals surface area (Å²) in [6.07, 6.45) is 2.19. The summed E-state index contributed by atoms with van der Waals surface area (Å²) in [4.78, 5) is 21.0.